The van der Waals surface area contributed by atoms with E-state index in [1.807, 2.05) is 31.2 Å². The Labute approximate surface area is 108 Å². The zero-order valence-electron chi connectivity index (χ0n) is 11.0. The van der Waals surface area contributed by atoms with Gasteiger partial charge in [0.1, 0.15) is 0 Å². The van der Waals surface area contributed by atoms with E-state index >= 15 is 0 Å². The summed E-state index contributed by atoms with van der Waals surface area (Å²) in [7, 11) is 0. The van der Waals surface area contributed by atoms with Crippen LogP contribution in [-0.2, 0) is 16.0 Å². The molecule has 0 spiro atoms. The van der Waals surface area contributed by atoms with E-state index in [4.69, 9.17) is 9.84 Å². The molecule has 0 unspecified atom stereocenters. The second kappa shape index (κ2) is 7.54. The highest BCUT2D eigenvalue weighted by Crippen LogP contribution is 2.11. The Bertz CT molecular complexity index is 404. The second-order valence-electron chi connectivity index (χ2n) is 4.11. The molecule has 0 aliphatic carbocycles. The summed E-state index contributed by atoms with van der Waals surface area (Å²) in [5.74, 6) is -1.02. The highest BCUT2D eigenvalue weighted by Gasteiger charge is 2.08. The first-order valence-electron chi connectivity index (χ1n) is 6.34. The summed E-state index contributed by atoms with van der Waals surface area (Å²) in [5, 5.41) is 9.04. The summed E-state index contributed by atoms with van der Waals surface area (Å²) < 4.78 is 5.27. The first-order chi connectivity index (χ1) is 8.67. The summed E-state index contributed by atoms with van der Waals surface area (Å²) >= 11 is 0. The van der Waals surface area contributed by atoms with E-state index in [-0.39, 0.29) is 5.76 Å². The third-order valence-corrected chi connectivity index (χ3v) is 2.65. The lowest BCUT2D eigenvalue weighted by molar-refractivity contribution is -0.136. The lowest BCUT2D eigenvalue weighted by Gasteiger charge is -2.06. The lowest BCUT2D eigenvalue weighted by Crippen LogP contribution is -2.05. The summed E-state index contributed by atoms with van der Waals surface area (Å²) in [6, 6.07) is 7.81. The molecule has 0 atom stereocenters. The Kier molecular flexibility index (Phi) is 5.98. The van der Waals surface area contributed by atoms with Gasteiger partial charge in [-0.1, -0.05) is 44.5 Å². The van der Waals surface area contributed by atoms with Gasteiger partial charge in [-0.2, -0.15) is 0 Å². The number of hydrogen-bond donors (Lipinski definition) is 1. The van der Waals surface area contributed by atoms with E-state index in [0.717, 1.165) is 24.8 Å². The Morgan fingerprint density at radius 1 is 1.28 bits per heavy atom. The van der Waals surface area contributed by atoms with Gasteiger partial charge in [0, 0.05) is 0 Å². The summed E-state index contributed by atoms with van der Waals surface area (Å²) in [6.45, 7) is 4.57. The Morgan fingerprint density at radius 2 is 1.94 bits per heavy atom. The maximum Gasteiger partial charge on any atom is 0.371 e. The molecule has 0 fully saturated rings. The molecule has 0 saturated heterocycles. The number of carboxylic acids is 1. The first kappa shape index (κ1) is 14.3. The molecule has 0 saturated carbocycles. The number of carbonyl (C=O) groups is 1. The molecule has 1 N–H and O–H groups in total. The van der Waals surface area contributed by atoms with Crippen molar-refractivity contribution < 1.29 is 14.6 Å². The number of rotatable bonds is 7. The van der Waals surface area contributed by atoms with Gasteiger partial charge in [0.05, 0.1) is 6.61 Å². The second-order valence-corrected chi connectivity index (χ2v) is 4.11. The molecule has 3 heteroatoms. The molecule has 0 amide bonds. The van der Waals surface area contributed by atoms with Crippen molar-refractivity contribution in [1.29, 1.82) is 0 Å². The molecule has 3 nitrogen and oxygen atoms in total. The molecule has 0 aromatic heterocycles. The minimum atomic E-state index is -1.02. The van der Waals surface area contributed by atoms with Crippen LogP contribution >= 0.6 is 0 Å². The fraction of sp³-hybridized carbons (Fsp3) is 0.400. The predicted octanol–water partition coefficient (Wildman–Crippen LogP) is 3.49. The molecule has 1 rings (SSSR count). The van der Waals surface area contributed by atoms with Crippen molar-refractivity contribution in [2.45, 2.75) is 33.1 Å². The van der Waals surface area contributed by atoms with Crippen LogP contribution in [0, 0.1) is 0 Å². The van der Waals surface area contributed by atoms with Gasteiger partial charge in [0.25, 0.3) is 0 Å². The Morgan fingerprint density at radius 3 is 2.44 bits per heavy atom. The van der Waals surface area contributed by atoms with Gasteiger partial charge < -0.3 is 9.84 Å². The fourth-order valence-electron chi connectivity index (χ4n) is 1.49. The van der Waals surface area contributed by atoms with Crippen molar-refractivity contribution in [3.63, 3.8) is 0 Å². The predicted molar refractivity (Wildman–Crippen MR) is 72.3 cm³/mol. The van der Waals surface area contributed by atoms with Crippen LogP contribution < -0.4 is 0 Å². The summed E-state index contributed by atoms with van der Waals surface area (Å²) in [6.07, 6.45) is 4.39. The van der Waals surface area contributed by atoms with E-state index in [1.165, 1.54) is 5.56 Å². The molecule has 98 valence electrons. The number of carboxylic acid groups (broad SMARTS) is 1. The Balaban J connectivity index is 2.76. The zero-order valence-corrected chi connectivity index (χ0v) is 11.0. The van der Waals surface area contributed by atoms with Gasteiger partial charge in [-0.15, -0.1) is 0 Å². The maximum atomic E-state index is 11.0. The molecule has 0 radical (unpaired) electrons. The van der Waals surface area contributed by atoms with Crippen LogP contribution in [0.1, 0.15) is 37.8 Å². The van der Waals surface area contributed by atoms with Crippen molar-refractivity contribution in [3.05, 3.63) is 41.2 Å². The largest absolute Gasteiger partial charge is 0.487 e. The van der Waals surface area contributed by atoms with Gasteiger partial charge in [0.2, 0.25) is 5.76 Å². The maximum absolute atomic E-state index is 11.0. The van der Waals surface area contributed by atoms with Crippen LogP contribution in [0.15, 0.2) is 30.0 Å². The van der Waals surface area contributed by atoms with E-state index in [0.29, 0.717) is 6.61 Å². The minimum absolute atomic E-state index is 0.00713. The minimum Gasteiger partial charge on any atom is -0.487 e. The topological polar surface area (TPSA) is 46.5 Å². The van der Waals surface area contributed by atoms with Crippen LogP contribution in [0.25, 0.3) is 6.08 Å². The van der Waals surface area contributed by atoms with Crippen molar-refractivity contribution in [3.8, 4) is 0 Å². The smallest absolute Gasteiger partial charge is 0.371 e. The molecule has 0 aliphatic heterocycles. The van der Waals surface area contributed by atoms with Crippen LogP contribution in [0.2, 0.25) is 0 Å². The standard InChI is InChI=1S/C15H20O3/c1-3-5-10-18-14(15(16)17)11-13-8-6-12(4-2)7-9-13/h6-9,11H,3-5,10H2,1-2H3,(H,16,17). The van der Waals surface area contributed by atoms with Crippen LogP contribution in [0.3, 0.4) is 0 Å². The third kappa shape index (κ3) is 4.62. The number of ether oxygens (including phenoxy) is 1. The zero-order chi connectivity index (χ0) is 13.4. The number of unbranched alkanes of at least 4 members (excludes halogenated alkanes) is 1. The average molecular weight is 248 g/mol. The van der Waals surface area contributed by atoms with Gasteiger partial charge in [0.15, 0.2) is 0 Å². The van der Waals surface area contributed by atoms with Crippen LogP contribution in [0.5, 0.6) is 0 Å². The number of benzene rings is 1. The highest BCUT2D eigenvalue weighted by atomic mass is 16.5. The van der Waals surface area contributed by atoms with Gasteiger partial charge >= 0.3 is 5.97 Å². The van der Waals surface area contributed by atoms with E-state index < -0.39 is 5.97 Å². The van der Waals surface area contributed by atoms with E-state index in [1.54, 1.807) is 6.08 Å². The number of hydrogen-bond acceptors (Lipinski definition) is 2. The van der Waals surface area contributed by atoms with E-state index in [9.17, 15) is 4.79 Å². The first-order valence-corrected chi connectivity index (χ1v) is 6.34. The molecular formula is C15H20O3. The SMILES string of the molecule is CCCCOC(=Cc1ccc(CC)cc1)C(=O)O. The van der Waals surface area contributed by atoms with Crippen LogP contribution in [-0.4, -0.2) is 17.7 Å². The molecule has 0 heterocycles. The molecule has 18 heavy (non-hydrogen) atoms. The fourth-order valence-corrected chi connectivity index (χ4v) is 1.49. The lowest BCUT2D eigenvalue weighted by atomic mass is 10.1. The highest BCUT2D eigenvalue weighted by molar-refractivity contribution is 5.89. The normalized spacial score (nSPS) is 11.3. The molecule has 1 aromatic rings. The number of aliphatic carboxylic acids is 1. The van der Waals surface area contributed by atoms with Crippen molar-refractivity contribution in [2.24, 2.45) is 0 Å². The van der Waals surface area contributed by atoms with Gasteiger partial charge in [-0.05, 0) is 30.0 Å². The van der Waals surface area contributed by atoms with Crippen molar-refractivity contribution >= 4 is 12.0 Å². The monoisotopic (exact) mass is 248 g/mol. The van der Waals surface area contributed by atoms with Crippen molar-refractivity contribution in [1.82, 2.24) is 0 Å². The van der Waals surface area contributed by atoms with E-state index in [2.05, 4.69) is 6.92 Å². The van der Waals surface area contributed by atoms with Gasteiger partial charge in [-0.25, -0.2) is 4.79 Å². The van der Waals surface area contributed by atoms with Crippen LogP contribution in [0.4, 0.5) is 0 Å². The van der Waals surface area contributed by atoms with Gasteiger partial charge in [-0.3, -0.25) is 0 Å². The Hall–Kier alpha value is -1.77. The molecule has 1 aromatic carbocycles. The van der Waals surface area contributed by atoms with Crippen molar-refractivity contribution in [2.75, 3.05) is 6.61 Å². The molecule has 0 aliphatic rings. The third-order valence-electron chi connectivity index (χ3n) is 2.65. The summed E-state index contributed by atoms with van der Waals surface area (Å²) in [5.41, 5.74) is 2.08. The summed E-state index contributed by atoms with van der Waals surface area (Å²) in [4.78, 5) is 11.0. The molecular weight excluding hydrogens is 228 g/mol. The number of aryl methyl sites for hydroxylation is 1. The average Bonchev–Trinajstić information content (AvgIpc) is 2.38. The molecule has 0 bridgehead atoms. The quantitative estimate of drug-likeness (QED) is 0.456.